The summed E-state index contributed by atoms with van der Waals surface area (Å²) in [5.74, 6) is 0.723. The van der Waals surface area contributed by atoms with Gasteiger partial charge < -0.3 is 31.3 Å². The lowest BCUT2D eigenvalue weighted by molar-refractivity contribution is -0.525. The Hall–Kier alpha value is -3.81. The summed E-state index contributed by atoms with van der Waals surface area (Å²) in [6.45, 7) is 2.72. The highest BCUT2D eigenvalue weighted by Crippen LogP contribution is 2.67. The number of hydrogen-bond donors (Lipinski definition) is 5. The van der Waals surface area contributed by atoms with Crippen LogP contribution in [0.5, 0.6) is 0 Å². The highest BCUT2D eigenvalue weighted by atomic mass is 16.7. The number of esters is 1. The van der Waals surface area contributed by atoms with Crippen molar-refractivity contribution in [3.05, 3.63) is 62.7 Å². The number of aliphatic hydroxyl groups excluding tert-OH is 1. The maximum atomic E-state index is 12.2. The van der Waals surface area contributed by atoms with Gasteiger partial charge in [0.2, 0.25) is 0 Å². The second kappa shape index (κ2) is 16.3. The van der Waals surface area contributed by atoms with E-state index in [0.29, 0.717) is 43.9 Å². The smallest absolute Gasteiger partial charge is 0.322 e. The van der Waals surface area contributed by atoms with E-state index in [4.69, 9.17) is 11.5 Å². The number of allylic oxidation sites excluding steroid dienone is 4. The summed E-state index contributed by atoms with van der Waals surface area (Å²) < 4.78 is 4.42. The Morgan fingerprint density at radius 3 is 2.55 bits per heavy atom. The molecule has 7 N–H and O–H groups in total. The van der Waals surface area contributed by atoms with E-state index in [1.165, 1.54) is 29.5 Å². The third kappa shape index (κ3) is 8.50. The number of rotatable bonds is 11. The SMILES string of the molecule is CN(C)c1ccc([C@H]2C[C@]3(C)[C@@H](CC[C@]3(O)CCCO)[C@@H]3CCC4=CC(=O)CCC4=C32)cc1.COC(=O)[C@@H](N)CCCN=C(N)N[N+](=O)[O-]. The number of ketones is 1. The van der Waals surface area contributed by atoms with Gasteiger partial charge in [0.25, 0.3) is 5.96 Å². The van der Waals surface area contributed by atoms with Crippen LogP contribution in [-0.2, 0) is 14.3 Å². The van der Waals surface area contributed by atoms with Crippen molar-refractivity contribution in [3.8, 4) is 0 Å². The van der Waals surface area contributed by atoms with Crippen molar-refractivity contribution in [1.29, 1.82) is 0 Å². The summed E-state index contributed by atoms with van der Waals surface area (Å²) in [7, 11) is 5.39. The monoisotopic (exact) mass is 682 g/mol. The van der Waals surface area contributed by atoms with Crippen molar-refractivity contribution >= 4 is 23.4 Å². The molecule has 0 heterocycles. The van der Waals surface area contributed by atoms with Crippen LogP contribution in [0, 0.1) is 27.4 Å². The van der Waals surface area contributed by atoms with Gasteiger partial charge in [-0.2, -0.15) is 0 Å². The van der Waals surface area contributed by atoms with E-state index in [0.717, 1.165) is 38.5 Å². The number of nitrogens with two attached hydrogens (primary N) is 2. The molecule has 0 saturated heterocycles. The highest BCUT2D eigenvalue weighted by molar-refractivity contribution is 5.93. The number of anilines is 1. The minimum Gasteiger partial charge on any atom is -0.468 e. The lowest BCUT2D eigenvalue weighted by Gasteiger charge is -2.55. The molecule has 0 aromatic heterocycles. The summed E-state index contributed by atoms with van der Waals surface area (Å²) >= 11 is 0. The number of aliphatic hydroxyl groups is 2. The van der Waals surface area contributed by atoms with Gasteiger partial charge in [0.1, 0.15) is 6.04 Å². The van der Waals surface area contributed by atoms with Crippen molar-refractivity contribution < 1.29 is 29.6 Å². The number of nitrogens with zero attached hydrogens (tertiary/aromatic N) is 3. The number of hydrogen-bond acceptors (Lipinski definition) is 10. The van der Waals surface area contributed by atoms with Crippen molar-refractivity contribution in [2.24, 2.45) is 33.7 Å². The number of ether oxygens (including phenoxy) is 1. The Labute approximate surface area is 289 Å². The first-order chi connectivity index (χ1) is 23.2. The summed E-state index contributed by atoms with van der Waals surface area (Å²) in [5, 5.41) is 30.6. The Morgan fingerprint density at radius 2 is 1.92 bits per heavy atom. The third-order valence-corrected chi connectivity index (χ3v) is 11.3. The zero-order valence-electron chi connectivity index (χ0n) is 29.3. The van der Waals surface area contributed by atoms with Crippen LogP contribution in [0.2, 0.25) is 0 Å². The van der Waals surface area contributed by atoms with E-state index in [9.17, 15) is 29.9 Å². The number of hydrazine groups is 1. The van der Waals surface area contributed by atoms with Gasteiger partial charge in [0.15, 0.2) is 10.8 Å². The first-order valence-corrected chi connectivity index (χ1v) is 17.4. The van der Waals surface area contributed by atoms with Crippen LogP contribution in [0.3, 0.4) is 0 Å². The zero-order chi connectivity index (χ0) is 35.9. The molecule has 4 aliphatic rings. The fourth-order valence-electron chi connectivity index (χ4n) is 8.75. The Bertz CT molecular complexity index is 1460. The number of carbonyl (C=O) groups is 2. The molecule has 0 aliphatic heterocycles. The van der Waals surface area contributed by atoms with Gasteiger partial charge in [0.05, 0.1) is 12.7 Å². The van der Waals surface area contributed by atoms with Crippen LogP contribution < -0.4 is 21.8 Å². The molecule has 4 aliphatic carbocycles. The molecule has 2 saturated carbocycles. The first-order valence-electron chi connectivity index (χ1n) is 17.4. The van der Waals surface area contributed by atoms with Crippen LogP contribution in [0.1, 0.15) is 89.0 Å². The molecule has 0 spiro atoms. The standard InChI is InChI=1S/C29H39NO3.C7H15N5O4/c1-28-18-25(19-5-8-21(9-6-19)30(2)3)27-23-12-10-22(32)17-20(23)7-11-24(27)26(28)13-15-29(28,33)14-4-16-31;1-16-6(13)5(8)3-2-4-10-7(9)11-12(14)15/h5-6,8-9,17,24-26,31,33H,4,7,10-16,18H2,1-3H3;5H,2-4,8H2,1H3,(H3,9,10,11)/t24-,25+,26-,28+,29+;5-/m00/s1. The maximum absolute atomic E-state index is 12.2. The first kappa shape index (κ1) is 38.0. The number of aliphatic imine (C=N–C) groups is 1. The number of guanidine groups is 1. The molecule has 6 atom stereocenters. The number of fused-ring (bicyclic) bond motifs is 4. The van der Waals surface area contributed by atoms with Crippen molar-refractivity contribution in [1.82, 2.24) is 5.43 Å². The molecule has 5 rings (SSSR count). The van der Waals surface area contributed by atoms with Crippen molar-refractivity contribution in [2.75, 3.05) is 39.3 Å². The minimum atomic E-state index is -0.807. The molecule has 0 bridgehead atoms. The number of carbonyl (C=O) groups excluding carboxylic acids is 2. The topological polar surface area (TPSA) is 207 Å². The summed E-state index contributed by atoms with van der Waals surface area (Å²) in [5.41, 5.74) is 18.3. The van der Waals surface area contributed by atoms with Gasteiger partial charge in [-0.15, -0.1) is 0 Å². The van der Waals surface area contributed by atoms with Gasteiger partial charge in [0, 0.05) is 50.7 Å². The van der Waals surface area contributed by atoms with Crippen LogP contribution in [0.4, 0.5) is 5.69 Å². The predicted octanol–water partition coefficient (Wildman–Crippen LogP) is 3.52. The summed E-state index contributed by atoms with van der Waals surface area (Å²) in [6.07, 6.45) is 10.5. The van der Waals surface area contributed by atoms with Gasteiger partial charge in [-0.3, -0.25) is 9.59 Å². The quantitative estimate of drug-likeness (QED) is 0.0570. The van der Waals surface area contributed by atoms with Gasteiger partial charge in [-0.25, -0.2) is 15.1 Å². The maximum Gasteiger partial charge on any atom is 0.322 e. The lowest BCUT2D eigenvalue weighted by atomic mass is 9.51. The van der Waals surface area contributed by atoms with Crippen LogP contribution in [0.25, 0.3) is 0 Å². The van der Waals surface area contributed by atoms with Crippen LogP contribution in [0.15, 0.2) is 52.1 Å². The van der Waals surface area contributed by atoms with E-state index in [1.807, 2.05) is 6.08 Å². The minimum absolute atomic E-state index is 0.138. The molecule has 1 aromatic rings. The molecule has 1 aromatic carbocycles. The Balaban J connectivity index is 0.000000288. The fraction of sp³-hybridized carbons (Fsp3) is 0.639. The molecule has 49 heavy (non-hydrogen) atoms. The van der Waals surface area contributed by atoms with E-state index in [-0.39, 0.29) is 36.2 Å². The largest absolute Gasteiger partial charge is 0.468 e. The molecule has 13 heteroatoms. The average Bonchev–Trinajstić information content (AvgIpc) is 3.34. The van der Waals surface area contributed by atoms with Gasteiger partial charge in [-0.1, -0.05) is 30.1 Å². The number of methoxy groups -OCH3 is 1. The molecule has 0 radical (unpaired) electrons. The Kier molecular flexibility index (Phi) is 12.6. The van der Waals surface area contributed by atoms with E-state index < -0.39 is 22.6 Å². The molecular formula is C36H54N6O7. The van der Waals surface area contributed by atoms with E-state index in [2.05, 4.69) is 59.9 Å². The molecule has 0 unspecified atom stereocenters. The van der Waals surface area contributed by atoms with E-state index >= 15 is 0 Å². The normalized spacial score (nSPS) is 28.2. The third-order valence-electron chi connectivity index (χ3n) is 11.3. The molecule has 2 fully saturated rings. The molecule has 13 nitrogen and oxygen atoms in total. The lowest BCUT2D eigenvalue weighted by Crippen LogP contribution is -2.51. The van der Waals surface area contributed by atoms with Crippen molar-refractivity contribution in [2.45, 2.75) is 95.1 Å². The summed E-state index contributed by atoms with van der Waals surface area (Å²) in [6, 6.07) is 8.27. The molecule has 0 amide bonds. The summed E-state index contributed by atoms with van der Waals surface area (Å²) in [4.78, 5) is 38.8. The van der Waals surface area contributed by atoms with Gasteiger partial charge in [-0.05, 0) is 111 Å². The zero-order valence-corrected chi connectivity index (χ0v) is 29.3. The molecule has 270 valence electrons. The number of nitrogens with one attached hydrogen (secondary N) is 1. The Morgan fingerprint density at radius 1 is 1.20 bits per heavy atom. The number of benzene rings is 1. The van der Waals surface area contributed by atoms with E-state index in [1.54, 1.807) is 11.0 Å². The predicted molar refractivity (Wildman–Crippen MR) is 188 cm³/mol. The fourth-order valence-corrected chi connectivity index (χ4v) is 8.75. The van der Waals surface area contributed by atoms with Crippen LogP contribution >= 0.6 is 0 Å². The second-order valence-electron chi connectivity index (χ2n) is 14.3. The van der Waals surface area contributed by atoms with Crippen molar-refractivity contribution in [3.63, 3.8) is 0 Å². The van der Waals surface area contributed by atoms with Crippen LogP contribution in [-0.4, -0.2) is 79.0 Å². The highest BCUT2D eigenvalue weighted by Gasteiger charge is 2.62. The number of nitro groups is 1. The average molecular weight is 683 g/mol. The van der Waals surface area contributed by atoms with Gasteiger partial charge >= 0.3 is 5.97 Å². The second-order valence-corrected chi connectivity index (χ2v) is 14.3. The molecular weight excluding hydrogens is 628 g/mol.